The number of ether oxygens (including phenoxy) is 2. The predicted octanol–water partition coefficient (Wildman–Crippen LogP) is 5.57. The molecule has 2 N–H and O–H groups in total. The summed E-state index contributed by atoms with van der Waals surface area (Å²) in [6.45, 7) is 4.45. The molecule has 0 radical (unpaired) electrons. The first-order valence-electron chi connectivity index (χ1n) is 10.3. The Kier molecular flexibility index (Phi) is 8.11. The Bertz CT molecular complexity index is 1090. The maximum atomic E-state index is 12.7. The molecule has 0 saturated heterocycles. The highest BCUT2D eigenvalue weighted by atomic mass is 35.5. The molecule has 0 heterocycles. The molecular weight excluding hydrogens is 428 g/mol. The van der Waals surface area contributed by atoms with Crippen LogP contribution in [0.3, 0.4) is 0 Å². The van der Waals surface area contributed by atoms with Crippen molar-refractivity contribution in [1.29, 1.82) is 0 Å². The molecule has 0 atom stereocenters. The lowest BCUT2D eigenvalue weighted by Crippen LogP contribution is -2.17. The molecule has 6 nitrogen and oxygen atoms in total. The van der Waals surface area contributed by atoms with Gasteiger partial charge in [0, 0.05) is 22.7 Å². The van der Waals surface area contributed by atoms with Gasteiger partial charge in [0.1, 0.15) is 11.5 Å². The number of nitrogens with one attached hydrogen (secondary N) is 2. The van der Waals surface area contributed by atoms with E-state index < -0.39 is 0 Å². The first kappa shape index (κ1) is 23.2. The van der Waals surface area contributed by atoms with Gasteiger partial charge in [-0.25, -0.2) is 0 Å². The normalized spacial score (nSPS) is 10.3. The number of halogens is 1. The molecule has 0 saturated carbocycles. The average Bonchev–Trinajstić information content (AvgIpc) is 2.79. The molecule has 0 spiro atoms. The third-order valence-electron chi connectivity index (χ3n) is 4.55. The molecule has 3 aromatic carbocycles. The Labute approximate surface area is 192 Å². The van der Waals surface area contributed by atoms with Crippen LogP contribution < -0.4 is 20.1 Å². The summed E-state index contributed by atoms with van der Waals surface area (Å²) in [6, 6.07) is 19.4. The zero-order valence-corrected chi connectivity index (χ0v) is 18.7. The molecule has 0 aliphatic rings. The van der Waals surface area contributed by atoms with Crippen molar-refractivity contribution in [2.24, 2.45) is 0 Å². The fraction of sp³-hybridized carbons (Fsp3) is 0.200. The number of hydrogen-bond acceptors (Lipinski definition) is 4. The number of rotatable bonds is 9. The highest BCUT2D eigenvalue weighted by Crippen LogP contribution is 2.37. The molecule has 0 aliphatic heterocycles. The van der Waals surface area contributed by atoms with E-state index in [9.17, 15) is 9.59 Å². The third-order valence-corrected chi connectivity index (χ3v) is 4.92. The van der Waals surface area contributed by atoms with Gasteiger partial charge in [0.25, 0.3) is 5.91 Å². The lowest BCUT2D eigenvalue weighted by Gasteiger charge is -2.18. The van der Waals surface area contributed by atoms with Gasteiger partial charge >= 0.3 is 0 Å². The number of carbonyl (C=O) groups excluding carboxylic acids is 2. The summed E-state index contributed by atoms with van der Waals surface area (Å²) in [5, 5.41) is 6.26. The zero-order chi connectivity index (χ0) is 22.9. The minimum absolute atomic E-state index is 0.113. The number of benzene rings is 3. The van der Waals surface area contributed by atoms with E-state index in [0.29, 0.717) is 46.7 Å². The smallest absolute Gasteiger partial charge is 0.255 e. The number of carbonyl (C=O) groups is 2. The van der Waals surface area contributed by atoms with Gasteiger partial charge in [0.2, 0.25) is 5.91 Å². The van der Waals surface area contributed by atoms with E-state index in [1.54, 1.807) is 48.5 Å². The molecule has 166 valence electrons. The van der Waals surface area contributed by atoms with Gasteiger partial charge in [0.15, 0.2) is 0 Å². The molecule has 32 heavy (non-hydrogen) atoms. The van der Waals surface area contributed by atoms with E-state index in [0.717, 1.165) is 5.56 Å². The summed E-state index contributed by atoms with van der Waals surface area (Å²) in [6.07, 6.45) is 0.113. The average molecular weight is 453 g/mol. The lowest BCUT2D eigenvalue weighted by molar-refractivity contribution is -0.115. The summed E-state index contributed by atoms with van der Waals surface area (Å²) in [5.74, 6) is 0.326. The second kappa shape index (κ2) is 11.2. The largest absolute Gasteiger partial charge is 0.492 e. The monoisotopic (exact) mass is 452 g/mol. The quantitative estimate of drug-likeness (QED) is 0.445. The van der Waals surface area contributed by atoms with Crippen LogP contribution in [0.25, 0.3) is 0 Å². The van der Waals surface area contributed by atoms with Gasteiger partial charge in [-0.3, -0.25) is 9.59 Å². The Hall–Kier alpha value is -3.51. The first-order valence-corrected chi connectivity index (χ1v) is 10.7. The Balaban J connectivity index is 1.87. The van der Waals surface area contributed by atoms with E-state index in [-0.39, 0.29) is 18.2 Å². The molecule has 3 rings (SSSR count). The maximum absolute atomic E-state index is 12.7. The van der Waals surface area contributed by atoms with Crippen LogP contribution in [-0.2, 0) is 11.2 Å². The highest BCUT2D eigenvalue weighted by molar-refractivity contribution is 6.31. The van der Waals surface area contributed by atoms with E-state index in [1.807, 2.05) is 32.0 Å². The van der Waals surface area contributed by atoms with Crippen LogP contribution in [0.15, 0.2) is 66.7 Å². The molecule has 0 fully saturated rings. The van der Waals surface area contributed by atoms with Crippen LogP contribution in [0.2, 0.25) is 5.02 Å². The van der Waals surface area contributed by atoms with Crippen LogP contribution in [0.1, 0.15) is 29.8 Å². The van der Waals surface area contributed by atoms with Crippen molar-refractivity contribution >= 4 is 34.8 Å². The molecular formula is C25H25ClN2O4. The molecule has 0 aromatic heterocycles. The van der Waals surface area contributed by atoms with Crippen molar-refractivity contribution in [1.82, 2.24) is 0 Å². The number of anilines is 2. The number of amides is 2. The first-order chi connectivity index (χ1) is 15.5. The van der Waals surface area contributed by atoms with E-state index in [1.165, 1.54) is 0 Å². The van der Waals surface area contributed by atoms with Crippen LogP contribution in [0.5, 0.6) is 11.5 Å². The van der Waals surface area contributed by atoms with Gasteiger partial charge in [0.05, 0.1) is 31.0 Å². The molecule has 0 bridgehead atoms. The van der Waals surface area contributed by atoms with Gasteiger partial charge in [-0.1, -0.05) is 48.0 Å². The molecule has 0 aliphatic carbocycles. The summed E-state index contributed by atoms with van der Waals surface area (Å²) in [5.41, 5.74) is 2.14. The minimum atomic E-state index is -0.274. The van der Waals surface area contributed by atoms with E-state index in [4.69, 9.17) is 21.1 Å². The summed E-state index contributed by atoms with van der Waals surface area (Å²) < 4.78 is 11.4. The summed E-state index contributed by atoms with van der Waals surface area (Å²) in [4.78, 5) is 25.3. The van der Waals surface area contributed by atoms with Crippen molar-refractivity contribution in [3.63, 3.8) is 0 Å². The van der Waals surface area contributed by atoms with Crippen LogP contribution in [-0.4, -0.2) is 25.0 Å². The third kappa shape index (κ3) is 6.02. The predicted molar refractivity (Wildman–Crippen MR) is 127 cm³/mol. The van der Waals surface area contributed by atoms with Crippen molar-refractivity contribution < 1.29 is 19.1 Å². The topological polar surface area (TPSA) is 76.7 Å². The van der Waals surface area contributed by atoms with Crippen LogP contribution in [0.4, 0.5) is 11.4 Å². The second-order valence-corrected chi connectivity index (χ2v) is 7.25. The molecule has 0 unspecified atom stereocenters. The van der Waals surface area contributed by atoms with Gasteiger partial charge in [-0.2, -0.15) is 0 Å². The molecule has 3 aromatic rings. The fourth-order valence-corrected chi connectivity index (χ4v) is 3.30. The van der Waals surface area contributed by atoms with Crippen molar-refractivity contribution in [2.75, 3.05) is 23.8 Å². The van der Waals surface area contributed by atoms with Gasteiger partial charge in [-0.15, -0.1) is 0 Å². The Morgan fingerprint density at radius 2 is 1.38 bits per heavy atom. The van der Waals surface area contributed by atoms with E-state index >= 15 is 0 Å². The minimum Gasteiger partial charge on any atom is -0.492 e. The fourth-order valence-electron chi connectivity index (χ4n) is 3.10. The lowest BCUT2D eigenvalue weighted by atomic mass is 10.1. The standard InChI is InChI=1S/C25H25ClN2O4/c1-3-31-22-16-21(28-25(30)17-10-6-5-7-11-17)23(32-4-2)15-20(22)27-24(29)14-18-12-8-9-13-19(18)26/h5-13,15-16H,3-4,14H2,1-2H3,(H,27,29)(H,28,30). The second-order valence-electron chi connectivity index (χ2n) is 6.85. The molecule has 7 heteroatoms. The Morgan fingerprint density at radius 3 is 1.97 bits per heavy atom. The van der Waals surface area contributed by atoms with E-state index in [2.05, 4.69) is 10.6 Å². The SMILES string of the molecule is CCOc1cc(NC(=O)c2ccccc2)c(OCC)cc1NC(=O)Cc1ccccc1Cl. The summed E-state index contributed by atoms with van der Waals surface area (Å²) >= 11 is 6.17. The maximum Gasteiger partial charge on any atom is 0.255 e. The van der Waals surface area contributed by atoms with Gasteiger partial charge < -0.3 is 20.1 Å². The van der Waals surface area contributed by atoms with Crippen molar-refractivity contribution in [3.05, 3.63) is 82.9 Å². The van der Waals surface area contributed by atoms with Gasteiger partial charge in [-0.05, 0) is 37.6 Å². The van der Waals surface area contributed by atoms with Crippen molar-refractivity contribution in [3.8, 4) is 11.5 Å². The number of hydrogen-bond donors (Lipinski definition) is 2. The van der Waals surface area contributed by atoms with Crippen molar-refractivity contribution in [2.45, 2.75) is 20.3 Å². The summed E-state index contributed by atoms with van der Waals surface area (Å²) in [7, 11) is 0. The highest BCUT2D eigenvalue weighted by Gasteiger charge is 2.17. The van der Waals surface area contributed by atoms with Crippen LogP contribution >= 0.6 is 11.6 Å². The Morgan fingerprint density at radius 1 is 0.812 bits per heavy atom. The zero-order valence-electron chi connectivity index (χ0n) is 18.0. The molecule has 2 amide bonds. The van der Waals surface area contributed by atoms with Crippen LogP contribution in [0, 0.1) is 0 Å².